The number of aliphatic hydroxyl groups is 1. The zero-order chi connectivity index (χ0) is 14.8. The minimum atomic E-state index is -0.423. The summed E-state index contributed by atoms with van der Waals surface area (Å²) in [5, 5.41) is 14.9. The molecular weight excluding hydrogens is 290 g/mol. The van der Waals surface area contributed by atoms with Crippen molar-refractivity contribution in [2.24, 2.45) is 0 Å². The van der Waals surface area contributed by atoms with E-state index in [2.05, 4.69) is 10.00 Å². The lowest BCUT2D eigenvalue weighted by Crippen LogP contribution is -2.39. The molecule has 112 valence electrons. The van der Waals surface area contributed by atoms with E-state index in [0.29, 0.717) is 24.8 Å². The van der Waals surface area contributed by atoms with Crippen molar-refractivity contribution in [3.05, 3.63) is 47.2 Å². The van der Waals surface area contributed by atoms with E-state index in [1.807, 2.05) is 43.7 Å². The maximum Gasteiger partial charge on any atom is 0.0950 e. The van der Waals surface area contributed by atoms with Crippen LogP contribution in [0.15, 0.2) is 36.7 Å². The molecule has 5 nitrogen and oxygen atoms in total. The molecule has 6 heteroatoms. The Morgan fingerprint density at radius 2 is 2.24 bits per heavy atom. The van der Waals surface area contributed by atoms with Gasteiger partial charge in [-0.3, -0.25) is 4.90 Å². The smallest absolute Gasteiger partial charge is 0.0950 e. The van der Waals surface area contributed by atoms with Gasteiger partial charge in [-0.05, 0) is 19.2 Å². The molecular formula is C15H18ClN3O2. The number of hydrogen-bond acceptors (Lipinski definition) is 4. The average Bonchev–Trinajstić information content (AvgIpc) is 3.08. The first-order chi connectivity index (χ1) is 10.1. The van der Waals surface area contributed by atoms with Gasteiger partial charge in [-0.15, -0.1) is 0 Å². The fraction of sp³-hybridized carbons (Fsp3) is 0.400. The monoisotopic (exact) mass is 307 g/mol. The molecule has 2 atom stereocenters. The van der Waals surface area contributed by atoms with Crippen LogP contribution in [0.25, 0.3) is 5.69 Å². The SMILES string of the molecule is CN(Cc1cnn(-c2ccccc2Cl)c1)[C@@H]1COC[C@H]1O. The molecule has 1 saturated heterocycles. The molecule has 0 radical (unpaired) electrons. The van der Waals surface area contributed by atoms with E-state index in [0.717, 1.165) is 11.3 Å². The van der Waals surface area contributed by atoms with E-state index in [4.69, 9.17) is 16.3 Å². The van der Waals surface area contributed by atoms with Crippen molar-refractivity contribution < 1.29 is 9.84 Å². The molecule has 2 heterocycles. The maximum absolute atomic E-state index is 9.85. The molecule has 1 aliphatic heterocycles. The third kappa shape index (κ3) is 3.11. The fourth-order valence-electron chi connectivity index (χ4n) is 2.57. The normalized spacial score (nSPS) is 22.1. The summed E-state index contributed by atoms with van der Waals surface area (Å²) < 4.78 is 7.06. The van der Waals surface area contributed by atoms with Gasteiger partial charge in [-0.25, -0.2) is 4.68 Å². The summed E-state index contributed by atoms with van der Waals surface area (Å²) in [4.78, 5) is 2.09. The van der Waals surface area contributed by atoms with Crippen molar-refractivity contribution in [2.75, 3.05) is 20.3 Å². The summed E-state index contributed by atoms with van der Waals surface area (Å²) >= 11 is 6.18. The predicted molar refractivity (Wildman–Crippen MR) is 80.7 cm³/mol. The third-order valence-electron chi connectivity index (χ3n) is 3.75. The minimum Gasteiger partial charge on any atom is -0.389 e. The number of ether oxygens (including phenoxy) is 1. The second kappa shape index (κ2) is 6.15. The van der Waals surface area contributed by atoms with Gasteiger partial charge in [0.2, 0.25) is 0 Å². The first-order valence-corrected chi connectivity index (χ1v) is 7.27. The number of hydrogen-bond donors (Lipinski definition) is 1. The maximum atomic E-state index is 9.85. The summed E-state index contributed by atoms with van der Waals surface area (Å²) in [6, 6.07) is 7.63. The highest BCUT2D eigenvalue weighted by Gasteiger charge is 2.29. The standard InChI is InChI=1S/C15H18ClN3O2/c1-18(14-9-21-10-15(14)20)7-11-6-17-19(8-11)13-5-3-2-4-12(13)16/h2-6,8,14-15,20H,7,9-10H2,1H3/t14-,15-/m1/s1. The minimum absolute atomic E-state index is 0.0358. The Balaban J connectivity index is 1.72. The Labute approximate surface area is 128 Å². The van der Waals surface area contributed by atoms with Crippen molar-refractivity contribution >= 4 is 11.6 Å². The van der Waals surface area contributed by atoms with E-state index in [1.54, 1.807) is 4.68 Å². The van der Waals surface area contributed by atoms with Crippen LogP contribution in [0.4, 0.5) is 0 Å². The van der Waals surface area contributed by atoms with Crippen LogP contribution in [0.1, 0.15) is 5.56 Å². The lowest BCUT2D eigenvalue weighted by atomic mass is 10.2. The summed E-state index contributed by atoms with van der Waals surface area (Å²) in [5.74, 6) is 0. The molecule has 1 aromatic carbocycles. The molecule has 0 unspecified atom stereocenters. The summed E-state index contributed by atoms with van der Waals surface area (Å²) in [5.41, 5.74) is 1.92. The second-order valence-corrected chi connectivity index (χ2v) is 5.74. The number of aliphatic hydroxyl groups excluding tert-OH is 1. The van der Waals surface area contributed by atoms with Gasteiger partial charge in [0.25, 0.3) is 0 Å². The summed E-state index contributed by atoms with van der Waals surface area (Å²) in [7, 11) is 1.98. The van der Waals surface area contributed by atoms with Crippen molar-refractivity contribution in [3.63, 3.8) is 0 Å². The first kappa shape index (κ1) is 14.5. The average molecular weight is 308 g/mol. The number of para-hydroxylation sites is 1. The van der Waals surface area contributed by atoms with Gasteiger partial charge >= 0.3 is 0 Å². The predicted octanol–water partition coefficient (Wildman–Crippen LogP) is 1.72. The molecule has 1 aliphatic rings. The molecule has 0 amide bonds. The highest BCUT2D eigenvalue weighted by Crippen LogP contribution is 2.20. The fourth-order valence-corrected chi connectivity index (χ4v) is 2.79. The molecule has 1 fully saturated rings. The molecule has 21 heavy (non-hydrogen) atoms. The van der Waals surface area contributed by atoms with E-state index >= 15 is 0 Å². The largest absolute Gasteiger partial charge is 0.389 e. The Morgan fingerprint density at radius 1 is 1.43 bits per heavy atom. The Kier molecular flexibility index (Phi) is 4.26. The molecule has 3 rings (SSSR count). The lowest BCUT2D eigenvalue weighted by Gasteiger charge is -2.24. The van der Waals surface area contributed by atoms with Crippen molar-refractivity contribution in [3.8, 4) is 5.69 Å². The topological polar surface area (TPSA) is 50.5 Å². The van der Waals surface area contributed by atoms with Gasteiger partial charge in [-0.2, -0.15) is 5.10 Å². The lowest BCUT2D eigenvalue weighted by molar-refractivity contribution is 0.0925. The Bertz CT molecular complexity index is 616. The number of rotatable bonds is 4. The van der Waals surface area contributed by atoms with Crippen molar-refractivity contribution in [1.82, 2.24) is 14.7 Å². The second-order valence-electron chi connectivity index (χ2n) is 5.33. The van der Waals surface area contributed by atoms with E-state index in [-0.39, 0.29) is 6.04 Å². The van der Waals surface area contributed by atoms with Crippen molar-refractivity contribution in [2.45, 2.75) is 18.7 Å². The highest BCUT2D eigenvalue weighted by atomic mass is 35.5. The number of likely N-dealkylation sites (N-methyl/N-ethyl adjacent to an activating group) is 1. The molecule has 1 aromatic heterocycles. The Hall–Kier alpha value is -1.40. The van der Waals surface area contributed by atoms with Crippen LogP contribution in [0.2, 0.25) is 5.02 Å². The molecule has 0 spiro atoms. The van der Waals surface area contributed by atoms with Gasteiger partial charge in [0.05, 0.1) is 42.3 Å². The van der Waals surface area contributed by atoms with Gasteiger partial charge in [0.15, 0.2) is 0 Å². The highest BCUT2D eigenvalue weighted by molar-refractivity contribution is 6.32. The first-order valence-electron chi connectivity index (χ1n) is 6.89. The molecule has 1 N–H and O–H groups in total. The van der Waals surface area contributed by atoms with E-state index in [1.165, 1.54) is 0 Å². The van der Waals surface area contributed by atoms with E-state index < -0.39 is 6.10 Å². The quantitative estimate of drug-likeness (QED) is 0.934. The molecule has 0 bridgehead atoms. The number of nitrogens with zero attached hydrogens (tertiary/aromatic N) is 3. The third-order valence-corrected chi connectivity index (χ3v) is 4.07. The van der Waals surface area contributed by atoms with Crippen LogP contribution in [-0.2, 0) is 11.3 Å². The zero-order valence-corrected chi connectivity index (χ0v) is 12.6. The summed E-state index contributed by atoms with van der Waals surface area (Å²) in [6.07, 6.45) is 3.36. The number of halogens is 1. The zero-order valence-electron chi connectivity index (χ0n) is 11.8. The molecule has 2 aromatic rings. The molecule has 0 saturated carbocycles. The van der Waals surface area contributed by atoms with Crippen LogP contribution >= 0.6 is 11.6 Å². The number of aromatic nitrogens is 2. The van der Waals surface area contributed by atoms with E-state index in [9.17, 15) is 5.11 Å². The van der Waals surface area contributed by atoms with Gasteiger partial charge < -0.3 is 9.84 Å². The van der Waals surface area contributed by atoms with Crippen LogP contribution in [0.5, 0.6) is 0 Å². The van der Waals surface area contributed by atoms with Crippen LogP contribution in [0.3, 0.4) is 0 Å². The Morgan fingerprint density at radius 3 is 2.95 bits per heavy atom. The van der Waals surface area contributed by atoms with Crippen molar-refractivity contribution in [1.29, 1.82) is 0 Å². The number of benzene rings is 1. The summed E-state index contributed by atoms with van der Waals surface area (Å²) in [6.45, 7) is 1.68. The van der Waals surface area contributed by atoms with Gasteiger partial charge in [0, 0.05) is 18.3 Å². The van der Waals surface area contributed by atoms with Crippen LogP contribution in [0, 0.1) is 0 Å². The van der Waals surface area contributed by atoms with Crippen LogP contribution in [-0.4, -0.2) is 52.2 Å². The molecule has 0 aliphatic carbocycles. The van der Waals surface area contributed by atoms with Gasteiger partial charge in [-0.1, -0.05) is 23.7 Å². The van der Waals surface area contributed by atoms with Crippen LogP contribution < -0.4 is 0 Å². The van der Waals surface area contributed by atoms with Gasteiger partial charge in [0.1, 0.15) is 0 Å².